The second-order valence-electron chi connectivity index (χ2n) is 4.93. The van der Waals surface area contributed by atoms with Gasteiger partial charge in [-0.2, -0.15) is 0 Å². The van der Waals surface area contributed by atoms with Crippen molar-refractivity contribution in [2.24, 2.45) is 0 Å². The number of sulfone groups is 1. The smallest absolute Gasteiger partial charge is 0.259 e. The quantitative estimate of drug-likeness (QED) is 0.835. The second kappa shape index (κ2) is 6.88. The molecule has 8 heteroatoms. The summed E-state index contributed by atoms with van der Waals surface area (Å²) in [6.07, 6.45) is 0.997. The topological polar surface area (TPSA) is 81.7 Å². The van der Waals surface area contributed by atoms with Crippen molar-refractivity contribution in [3.8, 4) is 11.5 Å². The van der Waals surface area contributed by atoms with Crippen LogP contribution in [0.15, 0.2) is 41.3 Å². The molecule has 0 aliphatic rings. The van der Waals surface area contributed by atoms with Gasteiger partial charge in [-0.1, -0.05) is 0 Å². The second-order valence-corrected chi connectivity index (χ2v) is 6.95. The average molecular weight is 353 g/mol. The van der Waals surface area contributed by atoms with Gasteiger partial charge in [0, 0.05) is 6.26 Å². The lowest BCUT2D eigenvalue weighted by molar-refractivity contribution is 0.102. The number of halogens is 1. The molecule has 0 fully saturated rings. The first kappa shape index (κ1) is 17.7. The van der Waals surface area contributed by atoms with Crippen molar-refractivity contribution in [1.29, 1.82) is 0 Å². The van der Waals surface area contributed by atoms with Crippen molar-refractivity contribution in [2.45, 2.75) is 4.90 Å². The van der Waals surface area contributed by atoms with E-state index in [1.165, 1.54) is 26.4 Å². The molecule has 0 heterocycles. The Morgan fingerprint density at radius 3 is 2.38 bits per heavy atom. The maximum atomic E-state index is 13.9. The lowest BCUT2D eigenvalue weighted by Crippen LogP contribution is -2.15. The summed E-state index contributed by atoms with van der Waals surface area (Å²) in [5, 5.41) is 2.35. The molecule has 0 atom stereocenters. The fourth-order valence-electron chi connectivity index (χ4n) is 2.01. The third kappa shape index (κ3) is 3.83. The van der Waals surface area contributed by atoms with Crippen LogP contribution in [0.2, 0.25) is 0 Å². The summed E-state index contributed by atoms with van der Waals surface area (Å²) in [7, 11) is -0.693. The van der Waals surface area contributed by atoms with Crippen molar-refractivity contribution in [1.82, 2.24) is 0 Å². The van der Waals surface area contributed by atoms with Crippen LogP contribution in [0.3, 0.4) is 0 Å². The largest absolute Gasteiger partial charge is 0.497 e. The normalized spacial score (nSPS) is 11.0. The van der Waals surface area contributed by atoms with E-state index < -0.39 is 21.6 Å². The first-order valence-corrected chi connectivity index (χ1v) is 8.68. The number of ether oxygens (including phenoxy) is 2. The SMILES string of the molecule is COc1ccc(OC)c(C(=O)Nc2cc(S(C)(=O)=O)ccc2F)c1. The number of nitrogens with one attached hydrogen (secondary N) is 1. The maximum Gasteiger partial charge on any atom is 0.259 e. The van der Waals surface area contributed by atoms with Crippen molar-refractivity contribution in [2.75, 3.05) is 25.8 Å². The van der Waals surface area contributed by atoms with Crippen molar-refractivity contribution < 1.29 is 27.1 Å². The third-order valence-corrected chi connectivity index (χ3v) is 4.38. The Morgan fingerprint density at radius 2 is 1.79 bits per heavy atom. The summed E-state index contributed by atoms with van der Waals surface area (Å²) in [6.45, 7) is 0. The third-order valence-electron chi connectivity index (χ3n) is 3.27. The molecule has 0 radical (unpaired) electrons. The summed E-state index contributed by atoms with van der Waals surface area (Å²) >= 11 is 0. The Bertz CT molecular complexity index is 880. The maximum absolute atomic E-state index is 13.9. The van der Waals surface area contributed by atoms with Gasteiger partial charge >= 0.3 is 0 Å². The Balaban J connectivity index is 2.40. The number of hydrogen-bond donors (Lipinski definition) is 1. The van der Waals surface area contributed by atoms with Gasteiger partial charge in [0.1, 0.15) is 17.3 Å². The van der Waals surface area contributed by atoms with Gasteiger partial charge in [-0.15, -0.1) is 0 Å². The van der Waals surface area contributed by atoms with E-state index in [9.17, 15) is 17.6 Å². The number of anilines is 1. The first-order valence-electron chi connectivity index (χ1n) is 6.79. The van der Waals surface area contributed by atoms with E-state index in [-0.39, 0.29) is 21.9 Å². The van der Waals surface area contributed by atoms with Gasteiger partial charge in [-0.3, -0.25) is 4.79 Å². The number of carbonyl (C=O) groups is 1. The summed E-state index contributed by atoms with van der Waals surface area (Å²) < 4.78 is 47.2. The van der Waals surface area contributed by atoms with Gasteiger partial charge < -0.3 is 14.8 Å². The lowest BCUT2D eigenvalue weighted by atomic mass is 10.1. The molecule has 0 aromatic heterocycles. The zero-order valence-corrected chi connectivity index (χ0v) is 14.1. The minimum atomic E-state index is -3.53. The van der Waals surface area contributed by atoms with Crippen LogP contribution in [-0.2, 0) is 9.84 Å². The molecule has 24 heavy (non-hydrogen) atoms. The highest BCUT2D eigenvalue weighted by atomic mass is 32.2. The van der Waals surface area contributed by atoms with Gasteiger partial charge in [0.25, 0.3) is 5.91 Å². The van der Waals surface area contributed by atoms with Gasteiger partial charge in [0.2, 0.25) is 0 Å². The molecule has 2 aromatic rings. The average Bonchev–Trinajstić information content (AvgIpc) is 2.55. The molecule has 1 N–H and O–H groups in total. The number of benzene rings is 2. The molecule has 0 unspecified atom stereocenters. The van der Waals surface area contributed by atoms with Crippen LogP contribution >= 0.6 is 0 Å². The molecule has 0 spiro atoms. The molecule has 0 aliphatic carbocycles. The van der Waals surface area contributed by atoms with E-state index in [1.54, 1.807) is 6.07 Å². The highest BCUT2D eigenvalue weighted by Gasteiger charge is 2.17. The van der Waals surface area contributed by atoms with Crippen LogP contribution < -0.4 is 14.8 Å². The van der Waals surface area contributed by atoms with E-state index in [0.717, 1.165) is 24.5 Å². The van der Waals surface area contributed by atoms with E-state index in [1.807, 2.05) is 0 Å². The van der Waals surface area contributed by atoms with Gasteiger partial charge in [0.05, 0.1) is 30.4 Å². The molecule has 128 valence electrons. The minimum absolute atomic E-state index is 0.100. The number of hydrogen-bond acceptors (Lipinski definition) is 5. The zero-order valence-electron chi connectivity index (χ0n) is 13.3. The summed E-state index contributed by atoms with van der Waals surface area (Å²) in [5.41, 5.74) is -0.117. The molecule has 0 saturated heterocycles. The number of carbonyl (C=O) groups excluding carboxylic acids is 1. The van der Waals surface area contributed by atoms with Crippen molar-refractivity contribution in [3.05, 3.63) is 47.8 Å². The predicted molar refractivity (Wildman–Crippen MR) is 87.0 cm³/mol. The highest BCUT2D eigenvalue weighted by molar-refractivity contribution is 7.90. The number of rotatable bonds is 5. The Kier molecular flexibility index (Phi) is 5.08. The standard InChI is InChI=1S/C16H16FNO5S/c1-22-10-4-7-15(23-2)12(8-10)16(19)18-14-9-11(24(3,20)21)5-6-13(14)17/h4-9H,1-3H3,(H,18,19). The minimum Gasteiger partial charge on any atom is -0.497 e. The molecule has 2 aromatic carbocycles. The molecule has 0 aliphatic heterocycles. The molecule has 0 bridgehead atoms. The fraction of sp³-hybridized carbons (Fsp3) is 0.188. The first-order chi connectivity index (χ1) is 11.3. The van der Waals surface area contributed by atoms with E-state index in [4.69, 9.17) is 9.47 Å². The van der Waals surface area contributed by atoms with Crippen LogP contribution in [0, 0.1) is 5.82 Å². The van der Waals surface area contributed by atoms with Crippen LogP contribution in [0.5, 0.6) is 11.5 Å². The summed E-state index contributed by atoms with van der Waals surface area (Å²) in [6, 6.07) is 7.76. The lowest BCUT2D eigenvalue weighted by Gasteiger charge is -2.12. The summed E-state index contributed by atoms with van der Waals surface area (Å²) in [4.78, 5) is 12.3. The molecular weight excluding hydrogens is 337 g/mol. The Morgan fingerprint density at radius 1 is 1.08 bits per heavy atom. The van der Waals surface area contributed by atoms with Crippen LogP contribution in [0.4, 0.5) is 10.1 Å². The van der Waals surface area contributed by atoms with Crippen LogP contribution in [0.25, 0.3) is 0 Å². The monoisotopic (exact) mass is 353 g/mol. The van der Waals surface area contributed by atoms with Crippen LogP contribution in [-0.4, -0.2) is 34.8 Å². The Labute approximate surface area is 139 Å². The molecule has 6 nitrogen and oxygen atoms in total. The highest BCUT2D eigenvalue weighted by Crippen LogP contribution is 2.26. The molecule has 0 saturated carbocycles. The van der Waals surface area contributed by atoms with Gasteiger partial charge in [0.15, 0.2) is 9.84 Å². The van der Waals surface area contributed by atoms with Crippen LogP contribution in [0.1, 0.15) is 10.4 Å². The molecular formula is C16H16FNO5S. The Hall–Kier alpha value is -2.61. The zero-order chi connectivity index (χ0) is 17.9. The fourth-order valence-corrected chi connectivity index (χ4v) is 2.66. The van der Waals surface area contributed by atoms with Gasteiger partial charge in [-0.05, 0) is 36.4 Å². The number of amides is 1. The number of methoxy groups -OCH3 is 2. The summed E-state index contributed by atoms with van der Waals surface area (Å²) in [5.74, 6) is -0.716. The van der Waals surface area contributed by atoms with Gasteiger partial charge in [-0.25, -0.2) is 12.8 Å². The predicted octanol–water partition coefficient (Wildman–Crippen LogP) is 2.50. The van der Waals surface area contributed by atoms with E-state index in [2.05, 4.69) is 5.32 Å². The van der Waals surface area contributed by atoms with Crippen molar-refractivity contribution in [3.63, 3.8) is 0 Å². The van der Waals surface area contributed by atoms with E-state index in [0.29, 0.717) is 5.75 Å². The molecule has 2 rings (SSSR count). The van der Waals surface area contributed by atoms with Crippen molar-refractivity contribution >= 4 is 21.4 Å². The van der Waals surface area contributed by atoms with E-state index >= 15 is 0 Å². The molecule has 1 amide bonds.